The molecule has 0 spiro atoms. The van der Waals surface area contributed by atoms with Gasteiger partial charge in [0.25, 0.3) is 0 Å². The van der Waals surface area contributed by atoms with Gasteiger partial charge in [0.15, 0.2) is 17.5 Å². The molecule has 0 unspecified atom stereocenters. The van der Waals surface area contributed by atoms with Crippen molar-refractivity contribution in [3.05, 3.63) is 53.6 Å². The number of likely N-dealkylation sites (N-methyl/N-ethyl adjacent to an activating group) is 1. The summed E-state index contributed by atoms with van der Waals surface area (Å²) in [6.07, 6.45) is 0. The number of carbonyl (C=O) groups is 1. The zero-order chi connectivity index (χ0) is 22.4. The number of ether oxygens (including phenoxy) is 2. The average Bonchev–Trinajstić information content (AvgIpc) is 3.20. The van der Waals surface area contributed by atoms with Crippen LogP contribution in [0.2, 0.25) is 0 Å². The molecule has 32 heavy (non-hydrogen) atoms. The van der Waals surface area contributed by atoms with Crippen LogP contribution < -0.4 is 25.2 Å². The van der Waals surface area contributed by atoms with Gasteiger partial charge in [-0.3, -0.25) is 4.79 Å². The quantitative estimate of drug-likeness (QED) is 0.255. The summed E-state index contributed by atoms with van der Waals surface area (Å²) in [7, 11) is -0.390. The first-order valence-corrected chi connectivity index (χ1v) is 11.0. The molecule has 1 aliphatic rings. The number of sulfonamides is 1. The van der Waals surface area contributed by atoms with Crippen molar-refractivity contribution in [1.29, 1.82) is 0 Å². The predicted octanol–water partition coefficient (Wildman–Crippen LogP) is 1.00. The first-order chi connectivity index (χ1) is 14.7. The number of amides is 1. The molecule has 0 fully saturated rings. The van der Waals surface area contributed by atoms with Crippen molar-refractivity contribution < 1.29 is 22.7 Å². The van der Waals surface area contributed by atoms with Gasteiger partial charge < -0.3 is 25.0 Å². The number of carbonyl (C=O) groups excluding carboxylic acids is 1. The van der Waals surface area contributed by atoms with Crippen LogP contribution in [-0.4, -0.2) is 52.6 Å². The van der Waals surface area contributed by atoms with E-state index in [-0.39, 0.29) is 48.1 Å². The predicted molar refractivity (Wildman–Crippen MR) is 130 cm³/mol. The summed E-state index contributed by atoms with van der Waals surface area (Å²) in [5, 5.41) is 11.3. The van der Waals surface area contributed by atoms with E-state index in [9.17, 15) is 13.2 Å². The normalized spacial score (nSPS) is 12.7. The van der Waals surface area contributed by atoms with E-state index in [1.54, 1.807) is 26.2 Å². The monoisotopic (exact) mass is 575 g/mol. The molecule has 1 heterocycles. The number of rotatable bonds is 7. The molecule has 0 atom stereocenters. The fourth-order valence-electron chi connectivity index (χ4n) is 2.68. The summed E-state index contributed by atoms with van der Waals surface area (Å²) in [5.41, 5.74) is 1.74. The fourth-order valence-corrected chi connectivity index (χ4v) is 3.20. The molecule has 0 aliphatic carbocycles. The molecular formula is C20H26IN5O5S. The second kappa shape index (κ2) is 11.3. The van der Waals surface area contributed by atoms with Crippen LogP contribution in [-0.2, 0) is 27.9 Å². The van der Waals surface area contributed by atoms with Gasteiger partial charge in [0, 0.05) is 20.6 Å². The summed E-state index contributed by atoms with van der Waals surface area (Å²) >= 11 is 0. The van der Waals surface area contributed by atoms with Gasteiger partial charge in [-0.25, -0.2) is 18.5 Å². The van der Waals surface area contributed by atoms with Gasteiger partial charge in [0.1, 0.15) is 0 Å². The molecule has 0 bridgehead atoms. The van der Waals surface area contributed by atoms with Crippen molar-refractivity contribution in [2.45, 2.75) is 18.0 Å². The summed E-state index contributed by atoms with van der Waals surface area (Å²) in [6.45, 7) is 0.998. The van der Waals surface area contributed by atoms with Gasteiger partial charge in [0.05, 0.1) is 18.0 Å². The Kier molecular flexibility index (Phi) is 9.09. The first kappa shape index (κ1) is 25.7. The standard InChI is InChI=1S/C20H25N5O5S.HI/c1-25(2)19(26)12-24-20(22-10-14-3-6-16(7-4-14)31(21,27)28)23-11-15-5-8-17-18(9-15)30-13-29-17;/h3-9H,10-13H2,1-2H3,(H2,21,27,28)(H2,22,23,24);1H. The van der Waals surface area contributed by atoms with Crippen LogP contribution in [0.5, 0.6) is 11.5 Å². The topological polar surface area (TPSA) is 135 Å². The van der Waals surface area contributed by atoms with Crippen LogP contribution >= 0.6 is 24.0 Å². The number of hydrogen-bond acceptors (Lipinski definition) is 6. The molecule has 3 rings (SSSR count). The Labute approximate surface area is 204 Å². The second-order valence-corrected chi connectivity index (χ2v) is 8.60. The lowest BCUT2D eigenvalue weighted by Gasteiger charge is -2.15. The summed E-state index contributed by atoms with van der Waals surface area (Å²) in [5.74, 6) is 1.70. The minimum absolute atomic E-state index is 0. The fraction of sp³-hybridized carbons (Fsp3) is 0.300. The number of guanidine groups is 1. The molecule has 174 valence electrons. The Morgan fingerprint density at radius 1 is 1.06 bits per heavy atom. The van der Waals surface area contributed by atoms with Gasteiger partial charge in [-0.2, -0.15) is 0 Å². The Morgan fingerprint density at radius 3 is 2.38 bits per heavy atom. The smallest absolute Gasteiger partial charge is 0.241 e. The second-order valence-electron chi connectivity index (χ2n) is 7.04. The van der Waals surface area contributed by atoms with Crippen molar-refractivity contribution in [3.8, 4) is 11.5 Å². The Bertz CT molecular complexity index is 1070. The zero-order valence-corrected chi connectivity index (χ0v) is 20.8. The van der Waals surface area contributed by atoms with Gasteiger partial charge in [-0.15, -0.1) is 24.0 Å². The van der Waals surface area contributed by atoms with Crippen molar-refractivity contribution >= 4 is 45.9 Å². The van der Waals surface area contributed by atoms with Crippen molar-refractivity contribution in [1.82, 2.24) is 15.5 Å². The van der Waals surface area contributed by atoms with Crippen molar-refractivity contribution in [2.75, 3.05) is 27.4 Å². The highest BCUT2D eigenvalue weighted by Gasteiger charge is 2.13. The average molecular weight is 575 g/mol. The number of nitrogens with one attached hydrogen (secondary N) is 2. The van der Waals surface area contributed by atoms with E-state index in [0.29, 0.717) is 30.5 Å². The summed E-state index contributed by atoms with van der Waals surface area (Å²) in [6, 6.07) is 11.8. The molecule has 0 saturated heterocycles. The highest BCUT2D eigenvalue weighted by molar-refractivity contribution is 14.0. The van der Waals surface area contributed by atoms with Crippen LogP contribution in [0.1, 0.15) is 11.1 Å². The van der Waals surface area contributed by atoms with Gasteiger partial charge in [-0.1, -0.05) is 18.2 Å². The largest absolute Gasteiger partial charge is 0.454 e. The minimum atomic E-state index is -3.74. The highest BCUT2D eigenvalue weighted by atomic mass is 127. The molecule has 4 N–H and O–H groups in total. The van der Waals surface area contributed by atoms with E-state index in [4.69, 9.17) is 14.6 Å². The molecule has 0 aromatic heterocycles. The number of aliphatic imine (C=N–C) groups is 1. The van der Waals surface area contributed by atoms with Crippen LogP contribution in [0, 0.1) is 0 Å². The maximum Gasteiger partial charge on any atom is 0.241 e. The molecule has 10 nitrogen and oxygen atoms in total. The molecule has 1 aliphatic heterocycles. The number of nitrogens with zero attached hydrogens (tertiary/aromatic N) is 2. The number of nitrogens with two attached hydrogens (primary N) is 1. The number of halogens is 1. The molecule has 0 saturated carbocycles. The maximum atomic E-state index is 11.9. The van der Waals surface area contributed by atoms with Crippen molar-refractivity contribution in [3.63, 3.8) is 0 Å². The van der Waals surface area contributed by atoms with Gasteiger partial charge in [-0.05, 0) is 35.4 Å². The third kappa shape index (κ3) is 7.24. The molecule has 12 heteroatoms. The Balaban J connectivity index is 0.00000363. The van der Waals surface area contributed by atoms with E-state index in [1.165, 1.54) is 17.0 Å². The number of hydrogen-bond donors (Lipinski definition) is 3. The number of benzene rings is 2. The van der Waals surface area contributed by atoms with Crippen LogP contribution in [0.3, 0.4) is 0 Å². The lowest BCUT2D eigenvalue weighted by atomic mass is 10.2. The molecule has 2 aromatic rings. The number of fused-ring (bicyclic) bond motifs is 1. The minimum Gasteiger partial charge on any atom is -0.454 e. The van der Waals surface area contributed by atoms with Gasteiger partial charge in [0.2, 0.25) is 22.7 Å². The molecule has 0 radical (unpaired) electrons. The van der Waals surface area contributed by atoms with E-state index in [1.807, 2.05) is 18.2 Å². The summed E-state index contributed by atoms with van der Waals surface area (Å²) in [4.78, 5) is 18.0. The van der Waals surface area contributed by atoms with E-state index in [2.05, 4.69) is 15.6 Å². The first-order valence-electron chi connectivity index (χ1n) is 9.45. The lowest BCUT2D eigenvalue weighted by Crippen LogP contribution is -2.42. The van der Waals surface area contributed by atoms with Crippen LogP contribution in [0.25, 0.3) is 0 Å². The van der Waals surface area contributed by atoms with E-state index < -0.39 is 10.0 Å². The molecule has 2 aromatic carbocycles. The Morgan fingerprint density at radius 2 is 1.72 bits per heavy atom. The third-order valence-electron chi connectivity index (χ3n) is 4.47. The highest BCUT2D eigenvalue weighted by Crippen LogP contribution is 2.32. The lowest BCUT2D eigenvalue weighted by molar-refractivity contribution is -0.127. The molecular weight excluding hydrogens is 549 g/mol. The summed E-state index contributed by atoms with van der Waals surface area (Å²) < 4.78 is 33.5. The van der Waals surface area contributed by atoms with Gasteiger partial charge >= 0.3 is 0 Å². The van der Waals surface area contributed by atoms with Crippen LogP contribution in [0.4, 0.5) is 0 Å². The SMILES string of the molecule is CN(C)C(=O)CNC(=NCc1ccc2c(c1)OCO2)NCc1ccc(S(N)(=O)=O)cc1.I. The molecule has 1 amide bonds. The van der Waals surface area contributed by atoms with E-state index in [0.717, 1.165) is 11.1 Å². The third-order valence-corrected chi connectivity index (χ3v) is 5.40. The number of primary sulfonamides is 1. The van der Waals surface area contributed by atoms with E-state index >= 15 is 0 Å². The zero-order valence-electron chi connectivity index (χ0n) is 17.7. The van der Waals surface area contributed by atoms with Crippen LogP contribution in [0.15, 0.2) is 52.4 Å². The maximum absolute atomic E-state index is 11.9. The van der Waals surface area contributed by atoms with Crippen molar-refractivity contribution in [2.24, 2.45) is 10.1 Å². The Hall–Kier alpha value is -2.58.